The zero-order chi connectivity index (χ0) is 20.7. The molecule has 9 heteroatoms. The number of methoxy groups -OCH3 is 1. The van der Waals surface area contributed by atoms with Gasteiger partial charge >= 0.3 is 0 Å². The third-order valence-electron chi connectivity index (χ3n) is 4.47. The summed E-state index contributed by atoms with van der Waals surface area (Å²) in [4.78, 5) is 13.7. The van der Waals surface area contributed by atoms with Gasteiger partial charge in [-0.2, -0.15) is 4.98 Å². The molecule has 2 atom stereocenters. The van der Waals surface area contributed by atoms with Crippen LogP contribution in [0.2, 0.25) is 5.02 Å². The maximum Gasteiger partial charge on any atom is 0.252 e. The number of thiazole rings is 1. The van der Waals surface area contributed by atoms with Crippen molar-refractivity contribution < 1.29 is 19.0 Å². The molecule has 0 aliphatic carbocycles. The maximum atomic E-state index is 14.4. The van der Waals surface area contributed by atoms with Crippen LogP contribution < -0.4 is 9.47 Å². The number of nitrogens with zero attached hydrogens (tertiary/aromatic N) is 3. The zero-order valence-corrected chi connectivity index (χ0v) is 17.4. The smallest absolute Gasteiger partial charge is 0.252 e. The van der Waals surface area contributed by atoms with Crippen LogP contribution in [0.1, 0.15) is 13.8 Å². The summed E-state index contributed by atoms with van der Waals surface area (Å²) in [5, 5.41) is 11.5. The summed E-state index contributed by atoms with van der Waals surface area (Å²) in [6.45, 7) is 3.21. The molecule has 6 nitrogen and oxygen atoms in total. The predicted molar refractivity (Wildman–Crippen MR) is 111 cm³/mol. The number of aliphatic hydroxyl groups excluding tert-OH is 1. The van der Waals surface area contributed by atoms with Gasteiger partial charge in [-0.3, -0.25) is 4.98 Å². The molecule has 0 amide bonds. The number of hydrogen-bond donors (Lipinski definition) is 1. The van der Waals surface area contributed by atoms with Gasteiger partial charge in [0.2, 0.25) is 0 Å². The molecule has 150 valence electrons. The van der Waals surface area contributed by atoms with E-state index in [1.54, 1.807) is 39.3 Å². The van der Waals surface area contributed by atoms with E-state index >= 15 is 0 Å². The fourth-order valence-electron chi connectivity index (χ4n) is 2.77. The maximum absolute atomic E-state index is 14.4. The topological polar surface area (TPSA) is 77.4 Å². The Morgan fingerprint density at radius 2 is 1.97 bits per heavy atom. The van der Waals surface area contributed by atoms with Crippen LogP contribution in [0.4, 0.5) is 4.39 Å². The first-order chi connectivity index (χ1) is 13.9. The van der Waals surface area contributed by atoms with Crippen molar-refractivity contribution in [3.05, 3.63) is 41.3 Å². The summed E-state index contributed by atoms with van der Waals surface area (Å²) in [7, 11) is 1.57. The number of ether oxygens (including phenoxy) is 2. The van der Waals surface area contributed by atoms with E-state index in [4.69, 9.17) is 21.1 Å². The van der Waals surface area contributed by atoms with Crippen LogP contribution in [0.25, 0.3) is 31.8 Å². The van der Waals surface area contributed by atoms with Crippen molar-refractivity contribution in [3.8, 4) is 22.2 Å². The first-order valence-electron chi connectivity index (χ1n) is 8.81. The number of rotatable bonds is 5. The quantitative estimate of drug-likeness (QED) is 0.484. The lowest BCUT2D eigenvalue weighted by Gasteiger charge is -2.16. The average molecular weight is 434 g/mol. The van der Waals surface area contributed by atoms with Crippen LogP contribution >= 0.6 is 22.9 Å². The van der Waals surface area contributed by atoms with E-state index in [0.717, 1.165) is 10.9 Å². The Balaban J connectivity index is 1.82. The highest BCUT2D eigenvalue weighted by atomic mass is 35.5. The Hall–Kier alpha value is -2.55. The van der Waals surface area contributed by atoms with Gasteiger partial charge in [-0.05, 0) is 32.0 Å². The van der Waals surface area contributed by atoms with Crippen molar-refractivity contribution in [2.24, 2.45) is 0 Å². The number of pyridine rings is 2. The van der Waals surface area contributed by atoms with Gasteiger partial charge in [-0.15, -0.1) is 0 Å². The molecule has 0 aliphatic heterocycles. The monoisotopic (exact) mass is 433 g/mol. The van der Waals surface area contributed by atoms with Gasteiger partial charge in [-0.25, -0.2) is 9.37 Å². The SMILES string of the molecule is COc1cnc2c(-c3nc4cc(F)c(O[C@@H](C)[C@@H](C)O)nc4s3)cc(Cl)cc2c1. The first kappa shape index (κ1) is 19.8. The number of aromatic nitrogens is 3. The number of aliphatic hydroxyl groups is 1. The average Bonchev–Trinajstić information content (AvgIpc) is 3.09. The lowest BCUT2D eigenvalue weighted by atomic mass is 10.1. The fraction of sp³-hybridized carbons (Fsp3) is 0.250. The van der Waals surface area contributed by atoms with E-state index < -0.39 is 18.0 Å². The molecule has 0 unspecified atom stereocenters. The van der Waals surface area contributed by atoms with Crippen LogP contribution in [-0.2, 0) is 0 Å². The van der Waals surface area contributed by atoms with Crippen LogP contribution in [-0.4, -0.2) is 39.4 Å². The van der Waals surface area contributed by atoms with Crippen LogP contribution in [0.3, 0.4) is 0 Å². The highest BCUT2D eigenvalue weighted by Gasteiger charge is 2.19. The Morgan fingerprint density at radius 3 is 2.69 bits per heavy atom. The highest BCUT2D eigenvalue weighted by molar-refractivity contribution is 7.21. The van der Waals surface area contributed by atoms with Gasteiger partial charge in [0.1, 0.15) is 27.2 Å². The minimum absolute atomic E-state index is 0.167. The fourth-order valence-corrected chi connectivity index (χ4v) is 3.92. The van der Waals surface area contributed by atoms with Gasteiger partial charge in [0, 0.05) is 22.0 Å². The number of hydrogen-bond acceptors (Lipinski definition) is 7. The molecule has 4 rings (SSSR count). The van der Waals surface area contributed by atoms with Gasteiger partial charge in [0.15, 0.2) is 5.82 Å². The van der Waals surface area contributed by atoms with E-state index in [1.165, 1.54) is 17.4 Å². The lowest BCUT2D eigenvalue weighted by molar-refractivity contribution is 0.0549. The van der Waals surface area contributed by atoms with Crippen LogP contribution in [0.5, 0.6) is 11.6 Å². The molecular weight excluding hydrogens is 417 g/mol. The summed E-state index contributed by atoms with van der Waals surface area (Å²) >= 11 is 7.58. The zero-order valence-electron chi connectivity index (χ0n) is 15.8. The molecule has 0 saturated carbocycles. The second kappa shape index (κ2) is 7.70. The van der Waals surface area contributed by atoms with Crippen LogP contribution in [0, 0.1) is 5.82 Å². The number of benzene rings is 1. The Kier molecular flexibility index (Phi) is 5.24. The van der Waals surface area contributed by atoms with Gasteiger partial charge < -0.3 is 14.6 Å². The normalized spacial score (nSPS) is 13.6. The van der Waals surface area contributed by atoms with E-state index in [-0.39, 0.29) is 5.88 Å². The largest absolute Gasteiger partial charge is 0.495 e. The van der Waals surface area contributed by atoms with Crippen molar-refractivity contribution in [2.75, 3.05) is 7.11 Å². The van der Waals surface area contributed by atoms with Gasteiger partial charge in [0.05, 0.1) is 24.9 Å². The molecule has 3 heterocycles. The Labute approximate surface area is 174 Å². The molecule has 0 spiro atoms. The minimum atomic E-state index is -0.759. The van der Waals surface area contributed by atoms with E-state index in [0.29, 0.717) is 31.6 Å². The van der Waals surface area contributed by atoms with Crippen molar-refractivity contribution in [1.82, 2.24) is 15.0 Å². The van der Waals surface area contributed by atoms with Gasteiger partial charge in [-0.1, -0.05) is 22.9 Å². The van der Waals surface area contributed by atoms with Crippen molar-refractivity contribution >= 4 is 44.2 Å². The molecule has 0 fully saturated rings. The molecule has 0 bridgehead atoms. The van der Waals surface area contributed by atoms with E-state index in [1.807, 2.05) is 6.07 Å². The molecular formula is C20H17ClFN3O3S. The van der Waals surface area contributed by atoms with Gasteiger partial charge in [0.25, 0.3) is 5.88 Å². The van der Waals surface area contributed by atoms with Crippen molar-refractivity contribution in [2.45, 2.75) is 26.1 Å². The Bertz CT molecular complexity index is 1210. The minimum Gasteiger partial charge on any atom is -0.495 e. The summed E-state index contributed by atoms with van der Waals surface area (Å²) < 4.78 is 25.1. The summed E-state index contributed by atoms with van der Waals surface area (Å²) in [6.07, 6.45) is 0.261. The molecule has 0 radical (unpaired) electrons. The third kappa shape index (κ3) is 3.83. The molecule has 0 aliphatic rings. The molecule has 0 saturated heterocycles. The highest BCUT2D eigenvalue weighted by Crippen LogP contribution is 2.37. The number of fused-ring (bicyclic) bond motifs is 2. The molecule has 4 aromatic rings. The second-order valence-corrected chi connectivity index (χ2v) is 8.00. The van der Waals surface area contributed by atoms with E-state index in [9.17, 15) is 9.50 Å². The first-order valence-corrected chi connectivity index (χ1v) is 10.0. The third-order valence-corrected chi connectivity index (χ3v) is 5.69. The standard InChI is InChI=1S/C20H17ClFN3O3S/c1-9(26)10(2)28-18-15(22)7-16-20(25-18)29-19(24-16)14-6-12(21)4-11-5-13(27-3)8-23-17(11)14/h4-10,26H,1-3H3/t9-,10+/m1/s1. The summed E-state index contributed by atoms with van der Waals surface area (Å²) in [6, 6.07) is 6.68. The summed E-state index contributed by atoms with van der Waals surface area (Å²) in [5.74, 6) is -0.187. The number of halogens is 2. The summed E-state index contributed by atoms with van der Waals surface area (Å²) in [5.41, 5.74) is 1.83. The second-order valence-electron chi connectivity index (χ2n) is 6.58. The van der Waals surface area contributed by atoms with Crippen LogP contribution in [0.15, 0.2) is 30.5 Å². The molecule has 1 aromatic carbocycles. The van der Waals surface area contributed by atoms with Crippen molar-refractivity contribution in [1.29, 1.82) is 0 Å². The predicted octanol–water partition coefficient (Wildman–Crippen LogP) is 4.86. The molecule has 1 N–H and O–H groups in total. The Morgan fingerprint density at radius 1 is 1.17 bits per heavy atom. The molecule has 3 aromatic heterocycles. The lowest BCUT2D eigenvalue weighted by Crippen LogP contribution is -2.26. The van der Waals surface area contributed by atoms with E-state index in [2.05, 4.69) is 15.0 Å². The molecule has 29 heavy (non-hydrogen) atoms. The van der Waals surface area contributed by atoms with Crippen molar-refractivity contribution in [3.63, 3.8) is 0 Å².